The molecule has 1 N–H and O–H groups in total. The van der Waals surface area contributed by atoms with E-state index >= 15 is 0 Å². The Morgan fingerprint density at radius 1 is 0.875 bits per heavy atom. The van der Waals surface area contributed by atoms with Crippen LogP contribution in [0.1, 0.15) is 39.2 Å². The number of benzene rings is 3. The van der Waals surface area contributed by atoms with Gasteiger partial charge in [-0.3, -0.25) is 13.9 Å². The summed E-state index contributed by atoms with van der Waals surface area (Å²) in [4.78, 5) is 28.9. The first-order valence-electron chi connectivity index (χ1n) is 13.6. The van der Waals surface area contributed by atoms with Gasteiger partial charge in [-0.15, -0.1) is 0 Å². The van der Waals surface area contributed by atoms with Gasteiger partial charge in [-0.05, 0) is 68.1 Å². The van der Waals surface area contributed by atoms with Crippen LogP contribution in [0.3, 0.4) is 0 Å². The minimum absolute atomic E-state index is 0.0538. The van der Waals surface area contributed by atoms with Crippen molar-refractivity contribution >= 4 is 27.5 Å². The smallest absolute Gasteiger partial charge is 0.264 e. The summed E-state index contributed by atoms with van der Waals surface area (Å²) in [5, 5.41) is 2.99. The fraction of sp³-hybridized carbons (Fsp3) is 0.355. The molecule has 3 aromatic rings. The minimum Gasteiger partial charge on any atom is -0.497 e. The van der Waals surface area contributed by atoms with Gasteiger partial charge in [0.05, 0.1) is 17.7 Å². The molecule has 2 atom stereocenters. The van der Waals surface area contributed by atoms with Crippen LogP contribution in [0.15, 0.2) is 89.8 Å². The van der Waals surface area contributed by atoms with E-state index in [1.807, 2.05) is 51.1 Å². The zero-order chi connectivity index (χ0) is 29.1. The van der Waals surface area contributed by atoms with E-state index in [9.17, 15) is 18.0 Å². The molecule has 0 radical (unpaired) electrons. The van der Waals surface area contributed by atoms with Gasteiger partial charge in [0, 0.05) is 12.6 Å². The largest absolute Gasteiger partial charge is 0.497 e. The van der Waals surface area contributed by atoms with Crippen molar-refractivity contribution in [1.82, 2.24) is 10.2 Å². The highest BCUT2D eigenvalue weighted by atomic mass is 32.2. The van der Waals surface area contributed by atoms with Crippen molar-refractivity contribution < 1.29 is 22.7 Å². The van der Waals surface area contributed by atoms with E-state index in [-0.39, 0.29) is 23.4 Å². The lowest BCUT2D eigenvalue weighted by molar-refractivity contribution is -0.139. The SMILES string of the molecule is CC[C@@H](C)NC(=O)[C@H](CC)N(CCc1ccccc1)C(=O)CN(c1ccc(OC)cc1)S(=O)(=O)c1ccccc1. The maximum absolute atomic E-state index is 14.0. The molecule has 9 heteroatoms. The average molecular weight is 566 g/mol. The molecule has 40 heavy (non-hydrogen) atoms. The van der Waals surface area contributed by atoms with Crippen LogP contribution in [-0.2, 0) is 26.0 Å². The maximum atomic E-state index is 14.0. The molecule has 0 saturated carbocycles. The quantitative estimate of drug-likeness (QED) is 0.307. The van der Waals surface area contributed by atoms with E-state index in [0.29, 0.717) is 24.3 Å². The lowest BCUT2D eigenvalue weighted by Gasteiger charge is -2.33. The third-order valence-corrected chi connectivity index (χ3v) is 8.63. The molecule has 0 fully saturated rings. The highest BCUT2D eigenvalue weighted by Gasteiger charge is 2.33. The molecule has 3 aromatic carbocycles. The van der Waals surface area contributed by atoms with Gasteiger partial charge in [0.2, 0.25) is 11.8 Å². The van der Waals surface area contributed by atoms with Crippen molar-refractivity contribution in [3.8, 4) is 5.75 Å². The number of ether oxygens (including phenoxy) is 1. The molecule has 2 amide bonds. The lowest BCUT2D eigenvalue weighted by Crippen LogP contribution is -2.54. The molecule has 8 nitrogen and oxygen atoms in total. The van der Waals surface area contributed by atoms with E-state index in [1.54, 1.807) is 42.5 Å². The topological polar surface area (TPSA) is 96.0 Å². The van der Waals surface area contributed by atoms with Gasteiger partial charge in [0.15, 0.2) is 0 Å². The molecular weight excluding hydrogens is 526 g/mol. The third kappa shape index (κ3) is 7.85. The molecule has 3 rings (SSSR count). The molecule has 0 unspecified atom stereocenters. The Bertz CT molecular complexity index is 1330. The van der Waals surface area contributed by atoms with Crippen LogP contribution in [0.5, 0.6) is 5.75 Å². The standard InChI is InChI=1S/C31H39N3O5S/c1-5-24(3)32-31(36)29(6-2)33(22-21-25-13-9-7-10-14-25)30(35)23-34(26-17-19-27(39-4)20-18-26)40(37,38)28-15-11-8-12-16-28/h7-20,24,29H,5-6,21-23H2,1-4H3,(H,32,36)/t24-,29+/m1/s1. The zero-order valence-electron chi connectivity index (χ0n) is 23.6. The Morgan fingerprint density at radius 2 is 1.48 bits per heavy atom. The van der Waals surface area contributed by atoms with Crippen molar-refractivity contribution in [2.75, 3.05) is 24.5 Å². The Hall–Kier alpha value is -3.85. The van der Waals surface area contributed by atoms with E-state index in [0.717, 1.165) is 16.3 Å². The fourth-order valence-corrected chi connectivity index (χ4v) is 5.77. The molecule has 0 aliphatic carbocycles. The molecule has 0 saturated heterocycles. The number of nitrogens with zero attached hydrogens (tertiary/aromatic N) is 2. The molecule has 214 valence electrons. The number of nitrogens with one attached hydrogen (secondary N) is 1. The number of carbonyl (C=O) groups is 2. The van der Waals surface area contributed by atoms with Crippen LogP contribution < -0.4 is 14.4 Å². The van der Waals surface area contributed by atoms with Crippen molar-refractivity contribution in [1.29, 1.82) is 0 Å². The monoisotopic (exact) mass is 565 g/mol. The van der Waals surface area contributed by atoms with Crippen LogP contribution in [0.2, 0.25) is 0 Å². The lowest BCUT2D eigenvalue weighted by atomic mass is 10.1. The summed E-state index contributed by atoms with van der Waals surface area (Å²) >= 11 is 0. The summed E-state index contributed by atoms with van der Waals surface area (Å²) in [6.45, 7) is 5.54. The van der Waals surface area contributed by atoms with E-state index in [1.165, 1.54) is 24.1 Å². The fourth-order valence-electron chi connectivity index (χ4n) is 4.33. The summed E-state index contributed by atoms with van der Waals surface area (Å²) in [7, 11) is -2.58. The predicted octanol–water partition coefficient (Wildman–Crippen LogP) is 4.66. The van der Waals surface area contributed by atoms with Crippen LogP contribution in [0.25, 0.3) is 0 Å². The predicted molar refractivity (Wildman–Crippen MR) is 158 cm³/mol. The van der Waals surface area contributed by atoms with Gasteiger partial charge >= 0.3 is 0 Å². The number of hydrogen-bond acceptors (Lipinski definition) is 5. The third-order valence-electron chi connectivity index (χ3n) is 6.84. The van der Waals surface area contributed by atoms with Crippen molar-refractivity contribution in [2.24, 2.45) is 0 Å². The van der Waals surface area contributed by atoms with E-state index in [4.69, 9.17) is 4.74 Å². The van der Waals surface area contributed by atoms with E-state index < -0.39 is 28.5 Å². The van der Waals surface area contributed by atoms with Gasteiger partial charge in [-0.25, -0.2) is 8.42 Å². The highest BCUT2D eigenvalue weighted by Crippen LogP contribution is 2.26. The number of carbonyl (C=O) groups excluding carboxylic acids is 2. The molecule has 0 bridgehead atoms. The molecule has 0 aliphatic rings. The Labute approximate surface area is 238 Å². The summed E-state index contributed by atoms with van der Waals surface area (Å²) in [5.41, 5.74) is 1.33. The molecule has 0 aromatic heterocycles. The zero-order valence-corrected chi connectivity index (χ0v) is 24.4. The normalized spacial score (nSPS) is 12.7. The average Bonchev–Trinajstić information content (AvgIpc) is 2.98. The second kappa shape index (κ2) is 14.5. The number of rotatable bonds is 14. The Balaban J connectivity index is 1.99. The summed E-state index contributed by atoms with van der Waals surface area (Å²) in [6, 6.07) is 23.4. The summed E-state index contributed by atoms with van der Waals surface area (Å²) < 4.78 is 34.0. The molecule has 0 spiro atoms. The Morgan fingerprint density at radius 3 is 2.02 bits per heavy atom. The minimum atomic E-state index is -4.10. The molecule has 0 heterocycles. The molecule has 0 aliphatic heterocycles. The second-order valence-corrected chi connectivity index (χ2v) is 11.4. The van der Waals surface area contributed by atoms with Crippen molar-refractivity contribution in [3.05, 3.63) is 90.5 Å². The maximum Gasteiger partial charge on any atom is 0.264 e. The van der Waals surface area contributed by atoms with E-state index in [2.05, 4.69) is 5.32 Å². The number of methoxy groups -OCH3 is 1. The number of hydrogen-bond donors (Lipinski definition) is 1. The summed E-state index contributed by atoms with van der Waals surface area (Å²) in [6.07, 6.45) is 1.66. The Kier molecular flexibility index (Phi) is 11.1. The van der Waals surface area contributed by atoms with Crippen LogP contribution in [-0.4, -0.2) is 57.4 Å². The molecular formula is C31H39N3O5S. The van der Waals surface area contributed by atoms with Gasteiger partial charge < -0.3 is 15.0 Å². The first kappa shape index (κ1) is 30.7. The van der Waals surface area contributed by atoms with Crippen LogP contribution in [0, 0.1) is 0 Å². The number of sulfonamides is 1. The van der Waals surface area contributed by atoms with Crippen molar-refractivity contribution in [2.45, 2.75) is 57.0 Å². The highest BCUT2D eigenvalue weighted by molar-refractivity contribution is 7.92. The van der Waals surface area contributed by atoms with Gasteiger partial charge in [-0.1, -0.05) is 62.4 Å². The van der Waals surface area contributed by atoms with Crippen LogP contribution in [0.4, 0.5) is 5.69 Å². The van der Waals surface area contributed by atoms with Gasteiger partial charge in [0.1, 0.15) is 18.3 Å². The van der Waals surface area contributed by atoms with Gasteiger partial charge in [-0.2, -0.15) is 0 Å². The number of anilines is 1. The first-order chi connectivity index (χ1) is 19.2. The van der Waals surface area contributed by atoms with Crippen LogP contribution >= 0.6 is 0 Å². The van der Waals surface area contributed by atoms with Gasteiger partial charge in [0.25, 0.3) is 10.0 Å². The first-order valence-corrected chi connectivity index (χ1v) is 15.0. The second-order valence-electron chi connectivity index (χ2n) is 9.59. The number of amides is 2. The van der Waals surface area contributed by atoms with Crippen molar-refractivity contribution in [3.63, 3.8) is 0 Å². The summed E-state index contributed by atoms with van der Waals surface area (Å²) in [5.74, 6) is -0.151.